The molecule has 0 bridgehead atoms. The quantitative estimate of drug-likeness (QED) is 0.526. The number of benzene rings is 2. The van der Waals surface area contributed by atoms with E-state index >= 15 is 0 Å². The summed E-state index contributed by atoms with van der Waals surface area (Å²) in [6, 6.07) is 9.57. The maximum Gasteiger partial charge on any atom is 0.232 e. The molecule has 28 heavy (non-hydrogen) atoms. The minimum Gasteiger partial charge on any atom is -0.508 e. The van der Waals surface area contributed by atoms with Gasteiger partial charge in [-0.25, -0.2) is 0 Å². The van der Waals surface area contributed by atoms with Crippen LogP contribution in [0.15, 0.2) is 30.3 Å². The zero-order valence-corrected chi connectivity index (χ0v) is 18.7. The Labute approximate surface area is 169 Å². The van der Waals surface area contributed by atoms with E-state index in [1.54, 1.807) is 6.07 Å². The molecule has 154 valence electrons. The Balaban J connectivity index is 2.32. The molecule has 0 amide bonds. The van der Waals surface area contributed by atoms with E-state index < -0.39 is 13.2 Å². The molecule has 0 aliphatic carbocycles. The zero-order chi connectivity index (χ0) is 21.1. The highest BCUT2D eigenvalue weighted by molar-refractivity contribution is 7.58. The van der Waals surface area contributed by atoms with Gasteiger partial charge in [0.05, 0.1) is 6.61 Å². The van der Waals surface area contributed by atoms with Gasteiger partial charge in [0.1, 0.15) is 5.75 Å². The fourth-order valence-electron chi connectivity index (χ4n) is 3.45. The number of phenols is 1. The van der Waals surface area contributed by atoms with Gasteiger partial charge in [-0.15, -0.1) is 0 Å². The molecule has 2 aromatic rings. The van der Waals surface area contributed by atoms with Crippen LogP contribution >= 0.6 is 7.37 Å². The van der Waals surface area contributed by atoms with E-state index in [1.165, 1.54) is 12.2 Å². The minimum absolute atomic E-state index is 0.251. The lowest BCUT2D eigenvalue weighted by Crippen LogP contribution is -2.05. The molecule has 5 heteroatoms. The summed E-state index contributed by atoms with van der Waals surface area (Å²) in [5.41, 5.74) is 5.98. The zero-order valence-electron chi connectivity index (χ0n) is 17.8. The maximum atomic E-state index is 12.7. The van der Waals surface area contributed by atoms with E-state index in [1.807, 2.05) is 39.0 Å². The van der Waals surface area contributed by atoms with Gasteiger partial charge in [-0.2, -0.15) is 0 Å². The molecule has 2 aromatic carbocycles. The van der Waals surface area contributed by atoms with Crippen LogP contribution in [0.1, 0.15) is 72.3 Å². The largest absolute Gasteiger partial charge is 0.508 e. The molecule has 2 rings (SSSR count). The Hall–Kier alpha value is -1.61. The highest BCUT2D eigenvalue weighted by Crippen LogP contribution is 2.55. The fraction of sp³-hybridized carbons (Fsp3) is 0.478. The van der Waals surface area contributed by atoms with Crippen molar-refractivity contribution in [3.8, 4) is 5.75 Å². The summed E-state index contributed by atoms with van der Waals surface area (Å²) in [5, 5.41) is 20.7. The molecule has 0 aliphatic rings. The maximum absolute atomic E-state index is 12.7. The van der Waals surface area contributed by atoms with Gasteiger partial charge in [0, 0.05) is 6.66 Å². The smallest absolute Gasteiger partial charge is 0.232 e. The number of hydrogen-bond donors (Lipinski definition) is 2. The third kappa shape index (κ3) is 5.26. The van der Waals surface area contributed by atoms with Crippen LogP contribution in [0.3, 0.4) is 0 Å². The molecule has 0 fully saturated rings. The van der Waals surface area contributed by atoms with Crippen LogP contribution in [0.25, 0.3) is 0 Å². The molecule has 0 radical (unpaired) electrons. The lowest BCUT2D eigenvalue weighted by molar-refractivity contribution is 0.211. The van der Waals surface area contributed by atoms with Gasteiger partial charge in [-0.3, -0.25) is 4.57 Å². The van der Waals surface area contributed by atoms with Gasteiger partial charge >= 0.3 is 0 Å². The average Bonchev–Trinajstić information content (AvgIpc) is 2.63. The van der Waals surface area contributed by atoms with Crippen LogP contribution in [-0.4, -0.2) is 23.5 Å². The number of aryl methyl sites for hydroxylation is 2. The molecule has 0 spiro atoms. The Morgan fingerprint density at radius 3 is 2.25 bits per heavy atom. The van der Waals surface area contributed by atoms with Crippen LogP contribution in [-0.2, 0) is 15.5 Å². The van der Waals surface area contributed by atoms with Crippen molar-refractivity contribution < 1.29 is 19.3 Å². The lowest BCUT2D eigenvalue weighted by Gasteiger charge is -2.22. The van der Waals surface area contributed by atoms with Crippen molar-refractivity contribution in [2.24, 2.45) is 0 Å². The van der Waals surface area contributed by atoms with E-state index in [0.717, 1.165) is 35.1 Å². The van der Waals surface area contributed by atoms with Gasteiger partial charge in [-0.1, -0.05) is 45.0 Å². The molecule has 0 aromatic heterocycles. The molecule has 0 aliphatic heterocycles. The van der Waals surface area contributed by atoms with Gasteiger partial charge in [0.15, 0.2) is 5.85 Å². The number of aromatic hydroxyl groups is 1. The van der Waals surface area contributed by atoms with Gasteiger partial charge in [0.2, 0.25) is 7.37 Å². The Morgan fingerprint density at radius 1 is 1.11 bits per heavy atom. The summed E-state index contributed by atoms with van der Waals surface area (Å²) >= 11 is 0. The summed E-state index contributed by atoms with van der Waals surface area (Å²) < 4.78 is 18.1. The van der Waals surface area contributed by atoms with Crippen molar-refractivity contribution in [3.63, 3.8) is 0 Å². The number of rotatable bonds is 8. The number of aliphatic hydroxyl groups is 1. The summed E-state index contributed by atoms with van der Waals surface area (Å²) in [5.74, 6) is -0.537. The Morgan fingerprint density at radius 2 is 1.71 bits per heavy atom. The first kappa shape index (κ1) is 22.7. The van der Waals surface area contributed by atoms with Crippen LogP contribution in [0, 0.1) is 13.8 Å². The van der Waals surface area contributed by atoms with Crippen molar-refractivity contribution in [1.82, 2.24) is 0 Å². The highest BCUT2D eigenvalue weighted by Gasteiger charge is 2.29. The SMILES string of the molecule is CCCOP(C)(=O)C(O)c1cc(C)c(Cc2ccc(O)c(C(C)C)c2)c(C)c1. The molecule has 0 saturated carbocycles. The van der Waals surface area contributed by atoms with Crippen LogP contribution in [0.2, 0.25) is 0 Å². The number of phenolic OH excluding ortho intramolecular Hbond substituents is 1. The first-order valence-corrected chi connectivity index (χ1v) is 12.0. The monoisotopic (exact) mass is 404 g/mol. The second kappa shape index (κ2) is 9.26. The van der Waals surface area contributed by atoms with E-state index in [2.05, 4.69) is 19.9 Å². The Kier molecular flexibility index (Phi) is 7.50. The highest BCUT2D eigenvalue weighted by atomic mass is 31.2. The molecule has 2 N–H and O–H groups in total. The molecule has 0 saturated heterocycles. The van der Waals surface area contributed by atoms with E-state index in [-0.39, 0.29) is 5.92 Å². The summed E-state index contributed by atoms with van der Waals surface area (Å²) in [6.07, 6.45) is 1.50. The van der Waals surface area contributed by atoms with Crippen molar-refractivity contribution >= 4 is 7.37 Å². The van der Waals surface area contributed by atoms with Gasteiger partial charge in [0.25, 0.3) is 0 Å². The molecule has 4 nitrogen and oxygen atoms in total. The second-order valence-electron chi connectivity index (χ2n) is 7.97. The summed E-state index contributed by atoms with van der Waals surface area (Å²) in [7, 11) is -3.14. The van der Waals surface area contributed by atoms with Gasteiger partial charge < -0.3 is 14.7 Å². The lowest BCUT2D eigenvalue weighted by atomic mass is 9.92. The first-order valence-electron chi connectivity index (χ1n) is 9.88. The van der Waals surface area contributed by atoms with Crippen LogP contribution in [0.5, 0.6) is 5.75 Å². The second-order valence-corrected chi connectivity index (χ2v) is 10.5. The predicted molar refractivity (Wildman–Crippen MR) is 116 cm³/mol. The van der Waals surface area contributed by atoms with Crippen molar-refractivity contribution in [2.75, 3.05) is 13.3 Å². The van der Waals surface area contributed by atoms with E-state index in [0.29, 0.717) is 17.9 Å². The normalized spacial score (nSPS) is 14.9. The van der Waals surface area contributed by atoms with Crippen LogP contribution in [0.4, 0.5) is 0 Å². The number of aliphatic hydroxyl groups excluding tert-OH is 1. The Bertz CT molecular complexity index is 850. The summed E-state index contributed by atoms with van der Waals surface area (Å²) in [4.78, 5) is 0. The van der Waals surface area contributed by atoms with E-state index in [9.17, 15) is 14.8 Å². The third-order valence-electron chi connectivity index (χ3n) is 5.11. The van der Waals surface area contributed by atoms with Crippen molar-refractivity contribution in [1.29, 1.82) is 0 Å². The molecular formula is C23H33O4P. The predicted octanol–water partition coefficient (Wildman–Crippen LogP) is 6.05. The van der Waals surface area contributed by atoms with E-state index in [4.69, 9.17) is 4.52 Å². The molecule has 2 unspecified atom stereocenters. The number of hydrogen-bond acceptors (Lipinski definition) is 4. The molecular weight excluding hydrogens is 371 g/mol. The minimum atomic E-state index is -3.14. The van der Waals surface area contributed by atoms with Crippen LogP contribution < -0.4 is 0 Å². The summed E-state index contributed by atoms with van der Waals surface area (Å²) in [6.45, 7) is 12.0. The first-order chi connectivity index (χ1) is 13.1. The average molecular weight is 404 g/mol. The van der Waals surface area contributed by atoms with Gasteiger partial charge in [-0.05, 0) is 72.1 Å². The van der Waals surface area contributed by atoms with Crippen molar-refractivity contribution in [2.45, 2.75) is 59.2 Å². The fourth-order valence-corrected chi connectivity index (χ4v) is 4.83. The van der Waals surface area contributed by atoms with Crippen molar-refractivity contribution in [3.05, 3.63) is 63.7 Å². The molecule has 2 atom stereocenters. The standard InChI is InChI=1S/C23H33O4P/c1-7-10-27-28(6,26)23(25)19-11-16(4)21(17(5)12-19)14-18-8-9-22(24)20(13-18)15(2)3/h8-9,11-13,15,23-25H,7,10,14H2,1-6H3. The molecule has 0 heterocycles. The topological polar surface area (TPSA) is 66.8 Å². The third-order valence-corrected chi connectivity index (χ3v) is 6.99.